The van der Waals surface area contributed by atoms with E-state index in [1.807, 2.05) is 13.8 Å². The molecule has 0 aromatic carbocycles. The van der Waals surface area contributed by atoms with Crippen molar-refractivity contribution in [1.82, 2.24) is 0 Å². The Labute approximate surface area is 132 Å². The molecule has 2 aliphatic rings. The second kappa shape index (κ2) is 6.77. The van der Waals surface area contributed by atoms with E-state index in [2.05, 4.69) is 5.16 Å². The fourth-order valence-electron chi connectivity index (χ4n) is 2.74. The first-order valence-electron chi connectivity index (χ1n) is 7.76. The highest BCUT2D eigenvalue weighted by Gasteiger charge is 2.29. The van der Waals surface area contributed by atoms with Crippen LogP contribution in [0.25, 0.3) is 0 Å². The highest BCUT2D eigenvalue weighted by atomic mass is 32.2. The minimum Gasteiger partial charge on any atom is -0.290 e. The lowest BCUT2D eigenvalue weighted by Gasteiger charge is -2.20. The molecule has 0 aromatic rings. The summed E-state index contributed by atoms with van der Waals surface area (Å²) in [6, 6.07) is 0. The van der Waals surface area contributed by atoms with Gasteiger partial charge < -0.3 is 0 Å². The van der Waals surface area contributed by atoms with Gasteiger partial charge in [-0.15, -0.1) is 0 Å². The van der Waals surface area contributed by atoms with Gasteiger partial charge in [0, 0.05) is 5.57 Å². The van der Waals surface area contributed by atoms with E-state index in [0.29, 0.717) is 29.7 Å². The van der Waals surface area contributed by atoms with Crippen molar-refractivity contribution in [3.05, 3.63) is 23.3 Å². The van der Waals surface area contributed by atoms with Gasteiger partial charge in [-0.3, -0.25) is 9.08 Å². The van der Waals surface area contributed by atoms with Crippen LogP contribution in [0.3, 0.4) is 0 Å². The average molecular weight is 325 g/mol. The SMILES string of the molecule is CC1=CC(=O)C(C(C)C)=C/C1=N\OS(=O)(=O)C1CCCCC1. The highest BCUT2D eigenvalue weighted by molar-refractivity contribution is 7.87. The Balaban J connectivity index is 2.17. The summed E-state index contributed by atoms with van der Waals surface area (Å²) in [5, 5.41) is 3.35. The third kappa shape index (κ3) is 3.85. The monoisotopic (exact) mass is 325 g/mol. The summed E-state index contributed by atoms with van der Waals surface area (Å²) in [6.07, 6.45) is 7.26. The normalized spacial score (nSPS) is 22.7. The molecule has 0 amide bonds. The van der Waals surface area contributed by atoms with Crippen LogP contribution < -0.4 is 0 Å². The van der Waals surface area contributed by atoms with Crippen LogP contribution in [0, 0.1) is 5.92 Å². The van der Waals surface area contributed by atoms with Crippen LogP contribution in [-0.2, 0) is 19.2 Å². The van der Waals surface area contributed by atoms with Gasteiger partial charge in [0.05, 0.1) is 5.25 Å². The number of hydrogen-bond acceptors (Lipinski definition) is 5. The Morgan fingerprint density at radius 1 is 1.18 bits per heavy atom. The third-order valence-corrected chi connectivity index (χ3v) is 5.72. The van der Waals surface area contributed by atoms with Gasteiger partial charge in [0.1, 0.15) is 5.71 Å². The Hall–Kier alpha value is -1.43. The van der Waals surface area contributed by atoms with Gasteiger partial charge in [0.15, 0.2) is 5.78 Å². The van der Waals surface area contributed by atoms with Crippen molar-refractivity contribution < 1.29 is 17.5 Å². The molecule has 5 nitrogen and oxygen atoms in total. The van der Waals surface area contributed by atoms with Crippen LogP contribution in [0.15, 0.2) is 28.5 Å². The first-order chi connectivity index (χ1) is 10.3. The molecule has 0 heterocycles. The Kier molecular flexibility index (Phi) is 5.21. The second-order valence-electron chi connectivity index (χ2n) is 6.25. The molecule has 122 valence electrons. The fraction of sp³-hybridized carbons (Fsp3) is 0.625. The van der Waals surface area contributed by atoms with Crippen molar-refractivity contribution in [2.45, 2.75) is 58.1 Å². The zero-order chi connectivity index (χ0) is 16.3. The number of oxime groups is 1. The number of ketones is 1. The van der Waals surface area contributed by atoms with Crippen molar-refractivity contribution >= 4 is 21.6 Å². The van der Waals surface area contributed by atoms with Crippen LogP contribution in [0.4, 0.5) is 0 Å². The summed E-state index contributed by atoms with van der Waals surface area (Å²) in [6.45, 7) is 5.55. The van der Waals surface area contributed by atoms with E-state index >= 15 is 0 Å². The molecule has 0 saturated heterocycles. The molecule has 22 heavy (non-hydrogen) atoms. The lowest BCUT2D eigenvalue weighted by Crippen LogP contribution is -2.25. The molecule has 2 rings (SSSR count). The van der Waals surface area contributed by atoms with E-state index in [0.717, 1.165) is 19.3 Å². The van der Waals surface area contributed by atoms with Gasteiger partial charge >= 0.3 is 10.1 Å². The van der Waals surface area contributed by atoms with Crippen LogP contribution >= 0.6 is 0 Å². The van der Waals surface area contributed by atoms with Crippen LogP contribution in [0.1, 0.15) is 52.9 Å². The van der Waals surface area contributed by atoms with Crippen LogP contribution in [-0.4, -0.2) is 25.2 Å². The summed E-state index contributed by atoms with van der Waals surface area (Å²) >= 11 is 0. The lowest BCUT2D eigenvalue weighted by molar-refractivity contribution is -0.111. The van der Waals surface area contributed by atoms with Crippen LogP contribution in [0.5, 0.6) is 0 Å². The van der Waals surface area contributed by atoms with Crippen molar-refractivity contribution in [1.29, 1.82) is 0 Å². The predicted octanol–water partition coefficient (Wildman–Crippen LogP) is 3.13. The zero-order valence-electron chi connectivity index (χ0n) is 13.3. The van der Waals surface area contributed by atoms with Crippen molar-refractivity contribution in [2.75, 3.05) is 0 Å². The summed E-state index contributed by atoms with van der Waals surface area (Å²) in [5.74, 6) is -0.00131. The van der Waals surface area contributed by atoms with Gasteiger partial charge in [-0.25, -0.2) is 0 Å². The molecule has 2 aliphatic carbocycles. The Bertz CT molecular complexity index is 635. The number of allylic oxidation sites excluding steroid dienone is 4. The maximum absolute atomic E-state index is 12.2. The lowest BCUT2D eigenvalue weighted by atomic mass is 9.90. The average Bonchev–Trinajstić information content (AvgIpc) is 2.47. The van der Waals surface area contributed by atoms with Gasteiger partial charge in [-0.1, -0.05) is 38.3 Å². The number of carbonyl (C=O) groups excluding carboxylic acids is 1. The van der Waals surface area contributed by atoms with Crippen molar-refractivity contribution in [2.24, 2.45) is 11.1 Å². The van der Waals surface area contributed by atoms with E-state index in [9.17, 15) is 13.2 Å². The van der Waals surface area contributed by atoms with E-state index in [1.165, 1.54) is 6.08 Å². The third-order valence-electron chi connectivity index (χ3n) is 4.15. The minimum absolute atomic E-state index is 0.0528. The molecule has 0 bridgehead atoms. The smallest absolute Gasteiger partial charge is 0.290 e. The van der Waals surface area contributed by atoms with E-state index in [-0.39, 0.29) is 11.7 Å². The Morgan fingerprint density at radius 3 is 2.41 bits per heavy atom. The van der Waals surface area contributed by atoms with Gasteiger partial charge in [-0.05, 0) is 43.4 Å². The van der Waals surface area contributed by atoms with E-state index in [4.69, 9.17) is 4.28 Å². The molecule has 6 heteroatoms. The Morgan fingerprint density at radius 2 is 1.82 bits per heavy atom. The number of nitrogens with zero attached hydrogens (tertiary/aromatic N) is 1. The van der Waals surface area contributed by atoms with Gasteiger partial charge in [-0.2, -0.15) is 8.42 Å². The van der Waals surface area contributed by atoms with Gasteiger partial charge in [0.2, 0.25) is 0 Å². The van der Waals surface area contributed by atoms with Crippen molar-refractivity contribution in [3.8, 4) is 0 Å². The largest absolute Gasteiger partial charge is 0.331 e. The molecule has 0 spiro atoms. The quantitative estimate of drug-likeness (QED) is 0.588. The first-order valence-corrected chi connectivity index (χ1v) is 9.23. The summed E-state index contributed by atoms with van der Waals surface area (Å²) in [5.41, 5.74) is 1.64. The maximum Gasteiger partial charge on any atom is 0.331 e. The fourth-order valence-corrected chi connectivity index (χ4v) is 3.96. The molecule has 0 unspecified atom stereocenters. The van der Waals surface area contributed by atoms with Crippen molar-refractivity contribution in [3.63, 3.8) is 0 Å². The first kappa shape index (κ1) is 16.9. The standard InChI is InChI=1S/C16H23NO4S/c1-11(2)14-10-15(12(3)9-16(14)18)17-21-22(19,20)13-7-5-4-6-8-13/h9-11,13H,4-8H2,1-3H3/b17-15+. The maximum atomic E-state index is 12.2. The zero-order valence-corrected chi connectivity index (χ0v) is 14.1. The molecule has 1 fully saturated rings. The predicted molar refractivity (Wildman–Crippen MR) is 86.0 cm³/mol. The molecule has 1 saturated carbocycles. The molecule has 0 aliphatic heterocycles. The molecule has 0 atom stereocenters. The van der Waals surface area contributed by atoms with E-state index < -0.39 is 15.4 Å². The summed E-state index contributed by atoms with van der Waals surface area (Å²) in [4.78, 5) is 11.9. The molecule has 0 N–H and O–H groups in total. The molecule has 0 aromatic heterocycles. The number of rotatable bonds is 4. The highest BCUT2D eigenvalue weighted by Crippen LogP contribution is 2.25. The summed E-state index contributed by atoms with van der Waals surface area (Å²) in [7, 11) is -3.69. The second-order valence-corrected chi connectivity index (χ2v) is 8.05. The topological polar surface area (TPSA) is 72.8 Å². The summed E-state index contributed by atoms with van der Waals surface area (Å²) < 4.78 is 29.3. The molecule has 0 radical (unpaired) electrons. The number of hydrogen-bond donors (Lipinski definition) is 0. The number of carbonyl (C=O) groups is 1. The van der Waals surface area contributed by atoms with Crippen LogP contribution in [0.2, 0.25) is 0 Å². The minimum atomic E-state index is -3.69. The molecular formula is C16H23NO4S. The molecular weight excluding hydrogens is 302 g/mol. The van der Waals surface area contributed by atoms with Gasteiger partial charge in [0.25, 0.3) is 0 Å². The van der Waals surface area contributed by atoms with E-state index in [1.54, 1.807) is 13.0 Å².